The van der Waals surface area contributed by atoms with E-state index in [1.165, 1.54) is 18.4 Å². The third kappa shape index (κ3) is 3.82. The van der Waals surface area contributed by atoms with E-state index in [9.17, 15) is 8.42 Å². The highest BCUT2D eigenvalue weighted by Crippen LogP contribution is 2.42. The maximum atomic E-state index is 13.5. The van der Waals surface area contributed by atoms with Gasteiger partial charge < -0.3 is 4.74 Å². The molecule has 6 nitrogen and oxygen atoms in total. The Labute approximate surface area is 173 Å². The van der Waals surface area contributed by atoms with E-state index >= 15 is 0 Å². The van der Waals surface area contributed by atoms with Crippen molar-refractivity contribution in [2.45, 2.75) is 88.8 Å². The SMILES string of the molecule is CCCCc1ccc(OC2CCC3CCC2N3S(=O)(=O)c2c(C)n[nH]c2C)cc1. The fourth-order valence-electron chi connectivity index (χ4n) is 4.89. The Kier molecular flexibility index (Phi) is 5.71. The molecule has 0 amide bonds. The Balaban J connectivity index is 1.54. The van der Waals surface area contributed by atoms with Gasteiger partial charge in [-0.1, -0.05) is 25.5 Å². The molecule has 2 aliphatic heterocycles. The van der Waals surface area contributed by atoms with Crippen molar-refractivity contribution in [1.82, 2.24) is 14.5 Å². The van der Waals surface area contributed by atoms with E-state index in [2.05, 4.69) is 29.3 Å². The van der Waals surface area contributed by atoms with Crippen molar-refractivity contribution in [3.63, 3.8) is 0 Å². The molecule has 0 spiro atoms. The lowest BCUT2D eigenvalue weighted by atomic mass is 10.0. The second-order valence-electron chi connectivity index (χ2n) is 8.38. The number of fused-ring (bicyclic) bond motifs is 2. The van der Waals surface area contributed by atoms with Crippen LogP contribution in [0.25, 0.3) is 0 Å². The first kappa shape index (κ1) is 20.4. The molecule has 1 N–H and O–H groups in total. The molecule has 2 aromatic rings. The minimum absolute atomic E-state index is 0.0648. The first-order valence-electron chi connectivity index (χ1n) is 10.7. The summed E-state index contributed by atoms with van der Waals surface area (Å²) in [5.74, 6) is 0.827. The lowest BCUT2D eigenvalue weighted by Gasteiger charge is -2.38. The maximum Gasteiger partial charge on any atom is 0.247 e. The number of rotatable bonds is 7. The molecular weight excluding hydrogens is 386 g/mol. The topological polar surface area (TPSA) is 75.3 Å². The van der Waals surface area contributed by atoms with Crippen LogP contribution >= 0.6 is 0 Å². The number of aromatic amines is 1. The van der Waals surface area contributed by atoms with Gasteiger partial charge in [0, 0.05) is 6.04 Å². The molecule has 0 saturated carbocycles. The van der Waals surface area contributed by atoms with Crippen molar-refractivity contribution < 1.29 is 13.2 Å². The van der Waals surface area contributed by atoms with E-state index in [1.54, 1.807) is 18.2 Å². The summed E-state index contributed by atoms with van der Waals surface area (Å²) in [5, 5.41) is 6.92. The van der Waals surface area contributed by atoms with Crippen LogP contribution in [0, 0.1) is 13.8 Å². The number of aromatic nitrogens is 2. The Morgan fingerprint density at radius 2 is 1.86 bits per heavy atom. The molecule has 3 unspecified atom stereocenters. The molecule has 2 saturated heterocycles. The van der Waals surface area contributed by atoms with E-state index < -0.39 is 10.0 Å². The first-order valence-corrected chi connectivity index (χ1v) is 12.2. The predicted molar refractivity (Wildman–Crippen MR) is 113 cm³/mol. The molecule has 1 aromatic carbocycles. The number of piperidine rings is 1. The number of benzene rings is 1. The fraction of sp³-hybridized carbons (Fsp3) is 0.591. The highest BCUT2D eigenvalue weighted by molar-refractivity contribution is 7.89. The van der Waals surface area contributed by atoms with Crippen LogP contribution in [0.1, 0.15) is 62.4 Å². The molecular formula is C22H31N3O3S. The largest absolute Gasteiger partial charge is 0.489 e. The van der Waals surface area contributed by atoms with Gasteiger partial charge in [-0.3, -0.25) is 5.10 Å². The van der Waals surface area contributed by atoms with E-state index in [0.717, 1.165) is 37.9 Å². The van der Waals surface area contributed by atoms with Crippen molar-refractivity contribution in [3.8, 4) is 5.75 Å². The number of nitrogens with one attached hydrogen (secondary N) is 1. The van der Waals surface area contributed by atoms with Crippen molar-refractivity contribution in [3.05, 3.63) is 41.2 Å². The Morgan fingerprint density at radius 1 is 1.14 bits per heavy atom. The number of hydrogen-bond donors (Lipinski definition) is 1. The summed E-state index contributed by atoms with van der Waals surface area (Å²) in [7, 11) is -3.60. The normalized spacial score (nSPS) is 24.7. The average molecular weight is 418 g/mol. The van der Waals surface area contributed by atoms with Crippen LogP contribution in [0.3, 0.4) is 0 Å². The second-order valence-corrected chi connectivity index (χ2v) is 10.2. The zero-order chi connectivity index (χ0) is 20.6. The number of ether oxygens (including phenoxy) is 1. The first-order chi connectivity index (χ1) is 13.9. The Morgan fingerprint density at radius 3 is 2.52 bits per heavy atom. The van der Waals surface area contributed by atoms with Crippen LogP contribution < -0.4 is 4.74 Å². The number of nitrogens with zero attached hydrogens (tertiary/aromatic N) is 2. The molecule has 0 radical (unpaired) electrons. The van der Waals surface area contributed by atoms with Gasteiger partial charge in [-0.2, -0.15) is 9.40 Å². The molecule has 1 aromatic heterocycles. The van der Waals surface area contributed by atoms with Gasteiger partial charge in [0.25, 0.3) is 0 Å². The summed E-state index contributed by atoms with van der Waals surface area (Å²) in [6.07, 6.45) is 6.81. The van der Waals surface area contributed by atoms with Gasteiger partial charge in [0.05, 0.1) is 17.4 Å². The molecule has 0 aliphatic carbocycles. The van der Waals surface area contributed by atoms with E-state index in [-0.39, 0.29) is 18.2 Å². The quantitative estimate of drug-likeness (QED) is 0.735. The van der Waals surface area contributed by atoms with Gasteiger partial charge in [-0.25, -0.2) is 8.42 Å². The van der Waals surface area contributed by atoms with Gasteiger partial charge in [0.15, 0.2) is 0 Å². The molecule has 7 heteroatoms. The highest BCUT2D eigenvalue weighted by atomic mass is 32.2. The van der Waals surface area contributed by atoms with Crippen molar-refractivity contribution >= 4 is 10.0 Å². The second kappa shape index (κ2) is 8.11. The average Bonchev–Trinajstić information content (AvgIpc) is 3.22. The molecule has 29 heavy (non-hydrogen) atoms. The molecule has 2 aliphatic rings. The minimum atomic E-state index is -3.60. The van der Waals surface area contributed by atoms with E-state index in [1.807, 2.05) is 12.1 Å². The zero-order valence-corrected chi connectivity index (χ0v) is 18.3. The maximum absolute atomic E-state index is 13.5. The number of H-pyrrole nitrogens is 1. The summed E-state index contributed by atoms with van der Waals surface area (Å²) in [6.45, 7) is 5.71. The van der Waals surface area contributed by atoms with Gasteiger partial charge in [0.1, 0.15) is 16.7 Å². The third-order valence-electron chi connectivity index (χ3n) is 6.32. The smallest absolute Gasteiger partial charge is 0.247 e. The van der Waals surface area contributed by atoms with Crippen molar-refractivity contribution in [1.29, 1.82) is 0 Å². The Bertz CT molecular complexity index is 933. The number of unbranched alkanes of at least 4 members (excludes halogenated alkanes) is 1. The summed E-state index contributed by atoms with van der Waals surface area (Å²) in [6, 6.07) is 8.24. The van der Waals surface area contributed by atoms with Crippen LogP contribution in [-0.4, -0.2) is 41.1 Å². The number of sulfonamides is 1. The van der Waals surface area contributed by atoms with Gasteiger partial charge >= 0.3 is 0 Å². The molecule has 3 atom stereocenters. The molecule has 4 rings (SSSR count). The summed E-state index contributed by atoms with van der Waals surface area (Å²) in [4.78, 5) is 0.329. The van der Waals surface area contributed by atoms with Crippen LogP contribution in [0.2, 0.25) is 0 Å². The highest BCUT2D eigenvalue weighted by Gasteiger charge is 2.50. The van der Waals surface area contributed by atoms with Gasteiger partial charge in [-0.15, -0.1) is 0 Å². The van der Waals surface area contributed by atoms with Crippen LogP contribution in [0.4, 0.5) is 0 Å². The van der Waals surface area contributed by atoms with E-state index in [4.69, 9.17) is 4.74 Å². The lowest BCUT2D eigenvalue weighted by Crippen LogP contribution is -2.52. The molecule has 2 bridgehead atoms. The summed E-state index contributed by atoms with van der Waals surface area (Å²) >= 11 is 0. The predicted octanol–water partition coefficient (Wildman–Crippen LogP) is 4.13. The minimum Gasteiger partial charge on any atom is -0.489 e. The Hall–Kier alpha value is -1.86. The summed E-state index contributed by atoms with van der Waals surface area (Å²) in [5.41, 5.74) is 2.46. The van der Waals surface area contributed by atoms with Crippen molar-refractivity contribution in [2.24, 2.45) is 0 Å². The van der Waals surface area contributed by atoms with E-state index in [0.29, 0.717) is 16.3 Å². The molecule has 2 fully saturated rings. The molecule has 158 valence electrons. The zero-order valence-electron chi connectivity index (χ0n) is 17.5. The van der Waals surface area contributed by atoms with Crippen molar-refractivity contribution in [2.75, 3.05) is 0 Å². The lowest BCUT2D eigenvalue weighted by molar-refractivity contribution is 0.0776. The third-order valence-corrected chi connectivity index (χ3v) is 8.56. The monoisotopic (exact) mass is 417 g/mol. The standard InChI is InChI=1S/C22H31N3O3S/c1-4-5-6-17-7-11-19(12-8-17)28-21-14-10-18-9-13-20(21)25(18)29(26,27)22-15(2)23-24-16(22)3/h7-8,11-12,18,20-21H,4-6,9-10,13-14H2,1-3H3,(H,23,24). The van der Waals surface area contributed by atoms with Gasteiger partial charge in [-0.05, 0) is 70.1 Å². The van der Waals surface area contributed by atoms with Crippen LogP contribution in [0.15, 0.2) is 29.2 Å². The van der Waals surface area contributed by atoms with Crippen LogP contribution in [-0.2, 0) is 16.4 Å². The number of aryl methyl sites for hydroxylation is 3. The number of hydrogen-bond acceptors (Lipinski definition) is 4. The van der Waals surface area contributed by atoms with Gasteiger partial charge in [0.2, 0.25) is 10.0 Å². The summed E-state index contributed by atoms with van der Waals surface area (Å²) < 4.78 is 35.1. The van der Waals surface area contributed by atoms with Crippen LogP contribution in [0.5, 0.6) is 5.75 Å². The molecule has 3 heterocycles. The fourth-order valence-corrected chi connectivity index (χ4v) is 7.15.